The van der Waals surface area contributed by atoms with E-state index in [1.165, 1.54) is 0 Å². The number of pyridine rings is 1. The van der Waals surface area contributed by atoms with Gasteiger partial charge >= 0.3 is 0 Å². The Bertz CT molecular complexity index is 1170. The van der Waals surface area contributed by atoms with E-state index in [2.05, 4.69) is 20.3 Å². The van der Waals surface area contributed by atoms with Crippen LogP contribution in [0.25, 0.3) is 11.3 Å². The van der Waals surface area contributed by atoms with E-state index in [-0.39, 0.29) is 5.28 Å². The molecule has 0 saturated heterocycles. The van der Waals surface area contributed by atoms with E-state index in [0.29, 0.717) is 11.5 Å². The largest absolute Gasteiger partial charge is 0.497 e. The summed E-state index contributed by atoms with van der Waals surface area (Å²) in [6.07, 6.45) is 1.72. The van der Waals surface area contributed by atoms with Crippen LogP contribution in [0.1, 0.15) is 5.69 Å². The highest BCUT2D eigenvalue weighted by Gasteiger charge is 2.08. The smallest absolute Gasteiger partial charge is 0.224 e. The van der Waals surface area contributed by atoms with E-state index < -0.39 is 0 Å². The molecule has 0 aliphatic carbocycles. The van der Waals surface area contributed by atoms with Crippen LogP contribution in [-0.2, 0) is 0 Å². The van der Waals surface area contributed by atoms with Gasteiger partial charge in [0, 0.05) is 35.3 Å². The summed E-state index contributed by atoms with van der Waals surface area (Å²) in [5.74, 6) is 2.81. The standard InChI is InChI=1S/C23H19ClN4O2/c1-15-12-20(10-11-25-15)30-18-8-6-17(7-9-18)26-22-14-21(27-23(24)28-22)16-4-3-5-19(13-16)29-2/h3-14H,1-2H3,(H,26,27,28). The number of anilines is 2. The summed E-state index contributed by atoms with van der Waals surface area (Å²) in [4.78, 5) is 12.8. The molecule has 2 aromatic carbocycles. The van der Waals surface area contributed by atoms with Crippen molar-refractivity contribution in [1.29, 1.82) is 0 Å². The molecule has 0 aliphatic rings. The summed E-state index contributed by atoms with van der Waals surface area (Å²) in [5.41, 5.74) is 3.33. The third-order valence-electron chi connectivity index (χ3n) is 4.29. The van der Waals surface area contributed by atoms with Crippen molar-refractivity contribution in [3.05, 3.63) is 83.9 Å². The lowest BCUT2D eigenvalue weighted by Gasteiger charge is -2.10. The number of benzene rings is 2. The van der Waals surface area contributed by atoms with Crippen LogP contribution in [0.5, 0.6) is 17.2 Å². The second kappa shape index (κ2) is 8.80. The fourth-order valence-corrected chi connectivity index (χ4v) is 3.07. The van der Waals surface area contributed by atoms with Gasteiger partial charge in [-0.1, -0.05) is 12.1 Å². The minimum absolute atomic E-state index is 0.158. The number of methoxy groups -OCH3 is 1. The van der Waals surface area contributed by atoms with Gasteiger partial charge in [-0.05, 0) is 61.0 Å². The van der Waals surface area contributed by atoms with Gasteiger partial charge in [0.1, 0.15) is 23.1 Å². The lowest BCUT2D eigenvalue weighted by atomic mass is 10.1. The highest BCUT2D eigenvalue weighted by molar-refractivity contribution is 6.28. The van der Waals surface area contributed by atoms with Crippen LogP contribution in [0.4, 0.5) is 11.5 Å². The first-order valence-corrected chi connectivity index (χ1v) is 9.63. The number of halogens is 1. The number of aromatic nitrogens is 3. The number of aryl methyl sites for hydroxylation is 1. The van der Waals surface area contributed by atoms with Crippen LogP contribution in [0, 0.1) is 6.92 Å². The Kier molecular flexibility index (Phi) is 5.77. The second-order valence-corrected chi connectivity index (χ2v) is 6.86. The Morgan fingerprint density at radius 2 is 1.70 bits per heavy atom. The topological polar surface area (TPSA) is 69.2 Å². The number of nitrogens with zero attached hydrogens (tertiary/aromatic N) is 3. The maximum atomic E-state index is 6.15. The van der Waals surface area contributed by atoms with Crippen LogP contribution in [0.15, 0.2) is 72.9 Å². The fourth-order valence-electron chi connectivity index (χ4n) is 2.89. The zero-order valence-electron chi connectivity index (χ0n) is 16.5. The summed E-state index contributed by atoms with van der Waals surface area (Å²) in [6, 6.07) is 20.7. The lowest BCUT2D eigenvalue weighted by Crippen LogP contribution is -1.97. The normalized spacial score (nSPS) is 10.5. The van der Waals surface area contributed by atoms with Crippen molar-refractivity contribution >= 4 is 23.1 Å². The second-order valence-electron chi connectivity index (χ2n) is 6.52. The third-order valence-corrected chi connectivity index (χ3v) is 4.46. The zero-order chi connectivity index (χ0) is 20.9. The van der Waals surface area contributed by atoms with E-state index in [1.54, 1.807) is 13.3 Å². The molecule has 150 valence electrons. The Balaban J connectivity index is 1.52. The molecule has 0 radical (unpaired) electrons. The van der Waals surface area contributed by atoms with E-state index in [0.717, 1.165) is 34.2 Å². The molecule has 0 fully saturated rings. The molecule has 0 unspecified atom stereocenters. The molecule has 0 spiro atoms. The minimum atomic E-state index is 0.158. The molecule has 7 heteroatoms. The summed E-state index contributed by atoms with van der Waals surface area (Å²) in [5, 5.41) is 3.41. The van der Waals surface area contributed by atoms with Gasteiger partial charge < -0.3 is 14.8 Å². The monoisotopic (exact) mass is 418 g/mol. The first-order valence-electron chi connectivity index (χ1n) is 9.26. The van der Waals surface area contributed by atoms with E-state index in [9.17, 15) is 0 Å². The molecule has 4 aromatic rings. The van der Waals surface area contributed by atoms with E-state index in [1.807, 2.05) is 73.7 Å². The SMILES string of the molecule is COc1cccc(-c2cc(Nc3ccc(Oc4ccnc(C)c4)cc3)nc(Cl)n2)c1. The Morgan fingerprint density at radius 3 is 2.47 bits per heavy atom. The average Bonchev–Trinajstić information content (AvgIpc) is 2.75. The Labute approximate surface area is 179 Å². The van der Waals surface area contributed by atoms with Crippen molar-refractivity contribution < 1.29 is 9.47 Å². The van der Waals surface area contributed by atoms with Crippen molar-refractivity contribution in [2.45, 2.75) is 6.92 Å². The third kappa shape index (κ3) is 4.85. The van der Waals surface area contributed by atoms with Crippen molar-refractivity contribution in [2.75, 3.05) is 12.4 Å². The molecule has 2 heterocycles. The van der Waals surface area contributed by atoms with Gasteiger partial charge in [-0.25, -0.2) is 9.97 Å². The fraction of sp³-hybridized carbons (Fsp3) is 0.0870. The first kappa shape index (κ1) is 19.7. The predicted molar refractivity (Wildman–Crippen MR) is 118 cm³/mol. The summed E-state index contributed by atoms with van der Waals surface area (Å²) in [6.45, 7) is 1.92. The molecule has 1 N–H and O–H groups in total. The summed E-state index contributed by atoms with van der Waals surface area (Å²) >= 11 is 6.15. The molecule has 0 aliphatic heterocycles. The molecule has 30 heavy (non-hydrogen) atoms. The van der Waals surface area contributed by atoms with Crippen molar-refractivity contribution in [3.63, 3.8) is 0 Å². The maximum Gasteiger partial charge on any atom is 0.224 e. The maximum absolute atomic E-state index is 6.15. The predicted octanol–water partition coefficient (Wildman–Crippen LogP) is 6.04. The van der Waals surface area contributed by atoms with Crippen LogP contribution >= 0.6 is 11.6 Å². The zero-order valence-corrected chi connectivity index (χ0v) is 17.2. The molecular weight excluding hydrogens is 400 g/mol. The first-order chi connectivity index (χ1) is 14.6. The van der Waals surface area contributed by atoms with Crippen molar-refractivity contribution in [1.82, 2.24) is 15.0 Å². The molecule has 6 nitrogen and oxygen atoms in total. The van der Waals surface area contributed by atoms with Gasteiger partial charge in [0.15, 0.2) is 0 Å². The molecule has 2 aromatic heterocycles. The van der Waals surface area contributed by atoms with Gasteiger partial charge in [-0.15, -0.1) is 0 Å². The molecule has 0 amide bonds. The number of ether oxygens (including phenoxy) is 2. The van der Waals surface area contributed by atoms with Gasteiger partial charge in [0.05, 0.1) is 12.8 Å². The minimum Gasteiger partial charge on any atom is -0.497 e. The van der Waals surface area contributed by atoms with Crippen LogP contribution in [0.3, 0.4) is 0 Å². The molecule has 4 rings (SSSR count). The molecule has 0 saturated carbocycles. The van der Waals surface area contributed by atoms with Crippen LogP contribution < -0.4 is 14.8 Å². The highest BCUT2D eigenvalue weighted by Crippen LogP contribution is 2.28. The molecular formula is C23H19ClN4O2. The number of hydrogen-bond acceptors (Lipinski definition) is 6. The van der Waals surface area contributed by atoms with Gasteiger partial charge in [0.2, 0.25) is 5.28 Å². The van der Waals surface area contributed by atoms with Crippen molar-refractivity contribution in [3.8, 4) is 28.5 Å². The number of nitrogens with one attached hydrogen (secondary N) is 1. The van der Waals surface area contributed by atoms with Crippen LogP contribution in [-0.4, -0.2) is 22.1 Å². The van der Waals surface area contributed by atoms with E-state index in [4.69, 9.17) is 21.1 Å². The quantitative estimate of drug-likeness (QED) is 0.384. The molecule has 0 atom stereocenters. The number of rotatable bonds is 6. The summed E-state index contributed by atoms with van der Waals surface area (Å²) < 4.78 is 11.1. The lowest BCUT2D eigenvalue weighted by molar-refractivity contribution is 0.415. The molecule has 0 bridgehead atoms. The summed E-state index contributed by atoms with van der Waals surface area (Å²) in [7, 11) is 1.63. The number of hydrogen-bond donors (Lipinski definition) is 1. The Hall–Kier alpha value is -3.64. The van der Waals surface area contributed by atoms with E-state index >= 15 is 0 Å². The van der Waals surface area contributed by atoms with Gasteiger partial charge in [0.25, 0.3) is 0 Å². The van der Waals surface area contributed by atoms with Crippen LogP contribution in [0.2, 0.25) is 5.28 Å². The van der Waals surface area contributed by atoms with Gasteiger partial charge in [-0.2, -0.15) is 0 Å². The van der Waals surface area contributed by atoms with Gasteiger partial charge in [-0.3, -0.25) is 4.98 Å². The Morgan fingerprint density at radius 1 is 0.867 bits per heavy atom. The highest BCUT2D eigenvalue weighted by atomic mass is 35.5. The average molecular weight is 419 g/mol. The van der Waals surface area contributed by atoms with Crippen molar-refractivity contribution in [2.24, 2.45) is 0 Å².